The molecule has 0 spiro atoms. The van der Waals surface area contributed by atoms with Crippen LogP contribution in [0.25, 0.3) is 0 Å². The van der Waals surface area contributed by atoms with Crippen LogP contribution in [-0.4, -0.2) is 12.2 Å². The van der Waals surface area contributed by atoms with E-state index in [9.17, 15) is 5.11 Å². The zero-order valence-corrected chi connectivity index (χ0v) is 12.3. The molecule has 0 atom stereocenters. The van der Waals surface area contributed by atoms with E-state index in [4.69, 9.17) is 4.74 Å². The number of halogens is 1. The van der Waals surface area contributed by atoms with Gasteiger partial charge in [-0.05, 0) is 46.3 Å². The van der Waals surface area contributed by atoms with Crippen molar-refractivity contribution in [3.8, 4) is 11.5 Å². The van der Waals surface area contributed by atoms with Crippen molar-refractivity contribution in [2.45, 2.75) is 13.1 Å². The van der Waals surface area contributed by atoms with Gasteiger partial charge in [-0.2, -0.15) is 0 Å². The second-order valence-corrected chi connectivity index (χ2v) is 6.35. The second-order valence-electron chi connectivity index (χ2n) is 3.80. The normalized spacial score (nSPS) is 10.6. The predicted molar refractivity (Wildman–Crippen MR) is 77.2 cm³/mol. The first-order chi connectivity index (χ1) is 8.69. The molecule has 1 aromatic carbocycles. The minimum Gasteiger partial charge on any atom is -0.508 e. The smallest absolute Gasteiger partial charge is 0.120 e. The lowest BCUT2D eigenvalue weighted by Crippen LogP contribution is -2.11. The fraction of sp³-hybridized carbons (Fsp3) is 0.231. The lowest BCUT2D eigenvalue weighted by molar-refractivity contribution is 0.410. The van der Waals surface area contributed by atoms with Crippen molar-refractivity contribution in [2.75, 3.05) is 7.11 Å². The third-order valence-electron chi connectivity index (χ3n) is 2.53. The van der Waals surface area contributed by atoms with Gasteiger partial charge in [0.2, 0.25) is 0 Å². The van der Waals surface area contributed by atoms with Crippen LogP contribution in [0.2, 0.25) is 0 Å². The van der Waals surface area contributed by atoms with Crippen LogP contribution < -0.4 is 10.1 Å². The molecule has 3 nitrogen and oxygen atoms in total. The Kier molecular flexibility index (Phi) is 4.63. The minimum absolute atomic E-state index is 0.288. The summed E-state index contributed by atoms with van der Waals surface area (Å²) >= 11 is 5.14. The van der Waals surface area contributed by atoms with E-state index in [1.807, 2.05) is 12.1 Å². The molecule has 0 aliphatic rings. The number of hydrogen-bond acceptors (Lipinski definition) is 4. The highest BCUT2D eigenvalue weighted by molar-refractivity contribution is 9.11. The van der Waals surface area contributed by atoms with Crippen LogP contribution in [0.5, 0.6) is 11.5 Å². The number of aromatic hydroxyl groups is 1. The molecule has 18 heavy (non-hydrogen) atoms. The van der Waals surface area contributed by atoms with Gasteiger partial charge in [0.25, 0.3) is 0 Å². The van der Waals surface area contributed by atoms with E-state index in [1.54, 1.807) is 30.6 Å². The summed E-state index contributed by atoms with van der Waals surface area (Å²) in [5, 5.41) is 13.0. The Labute approximate surface area is 119 Å². The largest absolute Gasteiger partial charge is 0.508 e. The molecule has 0 fully saturated rings. The van der Waals surface area contributed by atoms with E-state index < -0.39 is 0 Å². The molecule has 0 amide bonds. The molecule has 2 N–H and O–H groups in total. The van der Waals surface area contributed by atoms with Crippen LogP contribution in [-0.2, 0) is 13.1 Å². The molecular formula is C13H14BrNO2S. The summed E-state index contributed by atoms with van der Waals surface area (Å²) in [4.78, 5) is 1.25. The van der Waals surface area contributed by atoms with Crippen molar-refractivity contribution in [2.24, 2.45) is 0 Å². The van der Waals surface area contributed by atoms with Crippen LogP contribution in [0.4, 0.5) is 0 Å². The van der Waals surface area contributed by atoms with Crippen molar-refractivity contribution >= 4 is 27.3 Å². The van der Waals surface area contributed by atoms with Gasteiger partial charge in [-0.3, -0.25) is 0 Å². The number of rotatable bonds is 5. The van der Waals surface area contributed by atoms with Crippen molar-refractivity contribution in [3.63, 3.8) is 0 Å². The third-order valence-corrected chi connectivity index (χ3v) is 4.15. The maximum atomic E-state index is 9.73. The van der Waals surface area contributed by atoms with Gasteiger partial charge in [0, 0.05) is 23.5 Å². The summed E-state index contributed by atoms with van der Waals surface area (Å²) in [5.41, 5.74) is 0.838. The van der Waals surface area contributed by atoms with Crippen LogP contribution >= 0.6 is 27.3 Å². The quantitative estimate of drug-likeness (QED) is 0.882. The Hall–Kier alpha value is -1.04. The Bertz CT molecular complexity index is 527. The third kappa shape index (κ3) is 3.48. The van der Waals surface area contributed by atoms with Crippen LogP contribution in [0, 0.1) is 0 Å². The highest BCUT2D eigenvalue weighted by atomic mass is 79.9. The van der Waals surface area contributed by atoms with Gasteiger partial charge >= 0.3 is 0 Å². The second kappa shape index (κ2) is 6.22. The van der Waals surface area contributed by atoms with Crippen LogP contribution in [0.15, 0.2) is 34.1 Å². The summed E-state index contributed by atoms with van der Waals surface area (Å²) in [6.07, 6.45) is 0. The van der Waals surface area contributed by atoms with E-state index in [2.05, 4.69) is 27.3 Å². The van der Waals surface area contributed by atoms with E-state index in [-0.39, 0.29) is 5.75 Å². The zero-order chi connectivity index (χ0) is 13.0. The molecule has 1 aromatic heterocycles. The molecule has 2 rings (SSSR count). The van der Waals surface area contributed by atoms with E-state index in [1.165, 1.54) is 4.88 Å². The Balaban J connectivity index is 1.93. The summed E-state index contributed by atoms with van der Waals surface area (Å²) in [6, 6.07) is 9.34. The van der Waals surface area contributed by atoms with Gasteiger partial charge in [0.15, 0.2) is 0 Å². The highest BCUT2D eigenvalue weighted by Gasteiger charge is 2.03. The van der Waals surface area contributed by atoms with Crippen LogP contribution in [0.3, 0.4) is 0 Å². The Morgan fingerprint density at radius 3 is 2.78 bits per heavy atom. The van der Waals surface area contributed by atoms with Gasteiger partial charge in [-0.1, -0.05) is 0 Å². The molecule has 0 aliphatic heterocycles. The molecule has 0 aliphatic carbocycles. The molecule has 1 heterocycles. The molecule has 0 unspecified atom stereocenters. The predicted octanol–water partition coefficient (Wildman–Crippen LogP) is 3.51. The number of phenolic OH excluding ortho intramolecular Hbond substituents is 1. The first kappa shape index (κ1) is 13.4. The fourth-order valence-corrected chi connectivity index (χ4v) is 3.05. The average molecular weight is 328 g/mol. The van der Waals surface area contributed by atoms with Crippen LogP contribution in [0.1, 0.15) is 10.4 Å². The van der Waals surface area contributed by atoms with Crippen molar-refractivity contribution in [3.05, 3.63) is 44.6 Å². The number of phenols is 1. The molecule has 0 saturated carbocycles. The molecule has 0 bridgehead atoms. The van der Waals surface area contributed by atoms with Gasteiger partial charge in [-0.15, -0.1) is 11.3 Å². The number of ether oxygens (including phenoxy) is 1. The molecule has 0 saturated heterocycles. The van der Waals surface area contributed by atoms with Gasteiger partial charge in [0.05, 0.1) is 10.9 Å². The number of hydrogen-bond donors (Lipinski definition) is 2. The standard InChI is InChI=1S/C13H14BrNO2S/c1-17-10-2-4-12(16)9(6-10)7-15-8-11-3-5-13(14)18-11/h2-6,15-16H,7-8H2,1H3. The Morgan fingerprint density at radius 2 is 2.11 bits per heavy atom. The van der Waals surface area contributed by atoms with Crippen molar-refractivity contribution in [1.82, 2.24) is 5.32 Å². The molecule has 5 heteroatoms. The summed E-state index contributed by atoms with van der Waals surface area (Å²) in [7, 11) is 1.62. The van der Waals surface area contributed by atoms with Crippen molar-refractivity contribution < 1.29 is 9.84 Å². The number of nitrogens with one attached hydrogen (secondary N) is 1. The van der Waals surface area contributed by atoms with E-state index in [0.717, 1.165) is 21.6 Å². The van der Waals surface area contributed by atoms with Crippen molar-refractivity contribution in [1.29, 1.82) is 0 Å². The summed E-state index contributed by atoms with van der Waals surface area (Å²) < 4.78 is 6.26. The number of thiophene rings is 1. The average Bonchev–Trinajstić information content (AvgIpc) is 2.77. The maximum Gasteiger partial charge on any atom is 0.120 e. The molecule has 0 radical (unpaired) electrons. The lowest BCUT2D eigenvalue weighted by atomic mass is 10.2. The molecule has 96 valence electrons. The lowest BCUT2D eigenvalue weighted by Gasteiger charge is -2.08. The first-order valence-corrected chi connectivity index (χ1v) is 7.11. The number of benzene rings is 1. The summed E-state index contributed by atoms with van der Waals surface area (Å²) in [5.74, 6) is 1.04. The van der Waals surface area contributed by atoms with E-state index in [0.29, 0.717) is 6.54 Å². The maximum absolute atomic E-state index is 9.73. The fourth-order valence-electron chi connectivity index (χ4n) is 1.60. The minimum atomic E-state index is 0.288. The molecular weight excluding hydrogens is 314 g/mol. The summed E-state index contributed by atoms with van der Waals surface area (Å²) in [6.45, 7) is 1.39. The number of methoxy groups -OCH3 is 1. The van der Waals surface area contributed by atoms with Gasteiger partial charge < -0.3 is 15.2 Å². The zero-order valence-electron chi connectivity index (χ0n) is 9.94. The highest BCUT2D eigenvalue weighted by Crippen LogP contribution is 2.24. The topological polar surface area (TPSA) is 41.5 Å². The van der Waals surface area contributed by atoms with Gasteiger partial charge in [0.1, 0.15) is 11.5 Å². The van der Waals surface area contributed by atoms with E-state index >= 15 is 0 Å². The Morgan fingerprint density at radius 1 is 1.28 bits per heavy atom. The SMILES string of the molecule is COc1ccc(O)c(CNCc2ccc(Br)s2)c1. The first-order valence-electron chi connectivity index (χ1n) is 5.50. The van der Waals surface area contributed by atoms with Gasteiger partial charge in [-0.25, -0.2) is 0 Å². The molecule has 2 aromatic rings. The monoisotopic (exact) mass is 327 g/mol.